The smallest absolute Gasteiger partial charge is 0.345 e. The molecule has 0 aromatic heterocycles. The normalized spacial score (nSPS) is 21.2. The summed E-state index contributed by atoms with van der Waals surface area (Å²) in [5.74, 6) is -2.91. The monoisotopic (exact) mass is 652 g/mol. The molecule has 1 N–H and O–H groups in total. The first-order valence-corrected chi connectivity index (χ1v) is 16.8. The number of alkyl halides is 4. The van der Waals surface area contributed by atoms with Crippen LogP contribution in [0.2, 0.25) is 0 Å². The highest BCUT2D eigenvalue weighted by Gasteiger charge is 2.38. The zero-order chi connectivity index (χ0) is 32.8. The third kappa shape index (κ3) is 9.17. The summed E-state index contributed by atoms with van der Waals surface area (Å²) in [6.45, 7) is -0.370. The van der Waals surface area contributed by atoms with Gasteiger partial charge in [-0.05, 0) is 74.2 Å². The highest BCUT2D eigenvalue weighted by Crippen LogP contribution is 2.37. The van der Waals surface area contributed by atoms with Crippen LogP contribution in [0.3, 0.4) is 0 Å². The Balaban J connectivity index is 1.43. The summed E-state index contributed by atoms with van der Waals surface area (Å²) in [4.78, 5) is 17.4. The number of benzene rings is 2. The molecule has 1 heterocycles. The van der Waals surface area contributed by atoms with E-state index in [1.165, 1.54) is 12.1 Å². The third-order valence-corrected chi connectivity index (χ3v) is 10.6. The van der Waals surface area contributed by atoms with Gasteiger partial charge in [-0.2, -0.15) is 14.0 Å². The van der Waals surface area contributed by atoms with Crippen molar-refractivity contribution in [2.24, 2.45) is 5.92 Å². The molecule has 1 saturated carbocycles. The van der Waals surface area contributed by atoms with Gasteiger partial charge in [0.1, 0.15) is 0 Å². The highest BCUT2D eigenvalue weighted by molar-refractivity contribution is 7.91. The molecule has 8 nitrogen and oxygen atoms in total. The van der Waals surface area contributed by atoms with Crippen LogP contribution in [0.5, 0.6) is 0 Å². The number of nitriles is 1. The first-order chi connectivity index (χ1) is 21.3. The number of nitrogens with zero attached hydrogens (tertiary/aromatic N) is 3. The number of carbonyl (C=O) groups excluding carboxylic acids is 1. The molecule has 1 saturated heterocycles. The predicted octanol–water partition coefficient (Wildman–Crippen LogP) is 5.81. The summed E-state index contributed by atoms with van der Waals surface area (Å²) in [5.41, 5.74) is 1.64. The maximum absolute atomic E-state index is 13.6. The Morgan fingerprint density at radius 3 is 2.36 bits per heavy atom. The molecule has 1 aliphatic heterocycles. The number of halogens is 4. The second kappa shape index (κ2) is 14.9. The first-order valence-electron chi connectivity index (χ1n) is 15.2. The van der Waals surface area contributed by atoms with Crippen LogP contribution in [0, 0.1) is 17.2 Å². The number of hydrogen-bond donors (Lipinski definition) is 1. The van der Waals surface area contributed by atoms with E-state index in [0.717, 1.165) is 5.69 Å². The van der Waals surface area contributed by atoms with Crippen molar-refractivity contribution in [3.8, 4) is 6.07 Å². The molecular weight excluding hydrogens is 612 g/mol. The van der Waals surface area contributed by atoms with Crippen LogP contribution in [0.4, 0.5) is 23.2 Å². The van der Waals surface area contributed by atoms with Crippen molar-refractivity contribution >= 4 is 21.4 Å². The Morgan fingerprint density at radius 1 is 1.13 bits per heavy atom. The maximum Gasteiger partial charge on any atom is 0.345 e. The molecule has 13 heteroatoms. The van der Waals surface area contributed by atoms with Crippen LogP contribution in [0.15, 0.2) is 53.4 Å². The van der Waals surface area contributed by atoms with Gasteiger partial charge in [0.25, 0.3) is 5.91 Å². The molecular formula is C32H40F4N4O4S. The number of sulfone groups is 1. The van der Waals surface area contributed by atoms with E-state index in [9.17, 15) is 36.0 Å². The number of nitrogens with one attached hydrogen (secondary N) is 1. The van der Waals surface area contributed by atoms with Gasteiger partial charge in [-0.25, -0.2) is 17.2 Å². The van der Waals surface area contributed by atoms with Crippen molar-refractivity contribution in [3.63, 3.8) is 0 Å². The van der Waals surface area contributed by atoms with Crippen LogP contribution in [0.1, 0.15) is 67.4 Å². The topological polar surface area (TPSA) is 103 Å². The fraction of sp³-hybridized carbons (Fsp3) is 0.562. The molecule has 2 aromatic carbocycles. The van der Waals surface area contributed by atoms with Crippen LogP contribution in [-0.2, 0) is 14.6 Å². The molecule has 0 unspecified atom stereocenters. The second-order valence-electron chi connectivity index (χ2n) is 11.9. The molecule has 246 valence electrons. The van der Waals surface area contributed by atoms with Gasteiger partial charge in [0.05, 0.1) is 41.8 Å². The van der Waals surface area contributed by atoms with Crippen molar-refractivity contribution in [2.45, 2.75) is 81.0 Å². The molecule has 3 atom stereocenters. The van der Waals surface area contributed by atoms with Gasteiger partial charge in [-0.15, -0.1) is 0 Å². The Kier molecular flexibility index (Phi) is 11.5. The van der Waals surface area contributed by atoms with E-state index < -0.39 is 34.3 Å². The third-order valence-electron chi connectivity index (χ3n) is 8.90. The van der Waals surface area contributed by atoms with Crippen LogP contribution in [0.25, 0.3) is 0 Å². The van der Waals surface area contributed by atoms with Gasteiger partial charge < -0.3 is 19.9 Å². The van der Waals surface area contributed by atoms with Gasteiger partial charge in [0.15, 0.2) is 9.84 Å². The molecule has 4 rings (SSSR count). The standard InChI is InChI=1S/C32H40F4N4O4S/c1-3-45(42,43)28-10-6-23(7-11-28)29(14-17-37)38-30(41)24-4-8-25(9-5-24)40-20-26(18-27(40)21-44-31(33)34)39(2)19-22-12-15-32(35,36)16-13-22/h4-11,22,26-27,29,31H,3,12-16,18-21H2,1-2H3,(H,38,41)/t26-,27-,29-/m0/s1. The van der Waals surface area contributed by atoms with Crippen molar-refractivity contribution in [1.29, 1.82) is 5.26 Å². The predicted molar refractivity (Wildman–Crippen MR) is 162 cm³/mol. The zero-order valence-electron chi connectivity index (χ0n) is 25.5. The molecule has 1 aliphatic carbocycles. The Bertz CT molecular complexity index is 1420. The lowest BCUT2D eigenvalue weighted by Crippen LogP contribution is -2.39. The summed E-state index contributed by atoms with van der Waals surface area (Å²) in [6.07, 6.45) is 1.22. The average Bonchev–Trinajstić information content (AvgIpc) is 3.45. The second-order valence-corrected chi connectivity index (χ2v) is 14.2. The van der Waals surface area contributed by atoms with E-state index in [-0.39, 0.29) is 54.5 Å². The number of anilines is 1. The maximum atomic E-state index is 13.6. The number of likely N-dealkylation sites (N-methyl/N-ethyl adjacent to an activating group) is 1. The largest absolute Gasteiger partial charge is 0.365 e. The summed E-state index contributed by atoms with van der Waals surface area (Å²) in [5, 5.41) is 12.2. The van der Waals surface area contributed by atoms with E-state index in [1.54, 1.807) is 43.3 Å². The number of hydrogen-bond acceptors (Lipinski definition) is 7. The van der Waals surface area contributed by atoms with Gasteiger partial charge in [-0.3, -0.25) is 4.79 Å². The number of rotatable bonds is 13. The quantitative estimate of drug-likeness (QED) is 0.273. The van der Waals surface area contributed by atoms with Gasteiger partial charge in [-0.1, -0.05) is 19.1 Å². The lowest BCUT2D eigenvalue weighted by Gasteiger charge is -2.33. The van der Waals surface area contributed by atoms with Gasteiger partial charge in [0, 0.05) is 43.2 Å². The number of amides is 1. The van der Waals surface area contributed by atoms with Crippen molar-refractivity contribution in [2.75, 3.05) is 37.4 Å². The summed E-state index contributed by atoms with van der Waals surface area (Å²) in [6, 6.07) is 13.8. The van der Waals surface area contributed by atoms with E-state index in [0.29, 0.717) is 43.5 Å². The van der Waals surface area contributed by atoms with E-state index in [4.69, 9.17) is 0 Å². The first kappa shape index (κ1) is 34.7. The van der Waals surface area contributed by atoms with E-state index in [1.807, 2.05) is 11.9 Å². The summed E-state index contributed by atoms with van der Waals surface area (Å²) >= 11 is 0. The van der Waals surface area contributed by atoms with Crippen molar-refractivity contribution in [3.05, 3.63) is 59.7 Å². The fourth-order valence-corrected chi connectivity index (χ4v) is 7.06. The van der Waals surface area contributed by atoms with E-state index in [2.05, 4.69) is 21.0 Å². The number of ether oxygens (including phenoxy) is 1. The number of carbonyl (C=O) groups is 1. The van der Waals surface area contributed by atoms with Crippen molar-refractivity contribution in [1.82, 2.24) is 10.2 Å². The minimum Gasteiger partial charge on any atom is -0.365 e. The molecule has 1 amide bonds. The molecule has 0 spiro atoms. The lowest BCUT2D eigenvalue weighted by atomic mass is 9.86. The minimum absolute atomic E-state index is 0.00660. The molecule has 45 heavy (non-hydrogen) atoms. The van der Waals surface area contributed by atoms with Gasteiger partial charge >= 0.3 is 6.61 Å². The van der Waals surface area contributed by atoms with Crippen LogP contribution >= 0.6 is 0 Å². The molecule has 0 bridgehead atoms. The Labute approximate surface area is 262 Å². The Hall–Kier alpha value is -3.21. The van der Waals surface area contributed by atoms with Crippen LogP contribution < -0.4 is 10.2 Å². The Morgan fingerprint density at radius 2 is 1.78 bits per heavy atom. The molecule has 2 fully saturated rings. The summed E-state index contributed by atoms with van der Waals surface area (Å²) in [7, 11) is -1.45. The molecule has 2 aromatic rings. The molecule has 0 radical (unpaired) electrons. The van der Waals surface area contributed by atoms with E-state index >= 15 is 0 Å². The van der Waals surface area contributed by atoms with Gasteiger partial charge in [0.2, 0.25) is 5.92 Å². The molecule has 2 aliphatic rings. The minimum atomic E-state index is -3.39. The zero-order valence-corrected chi connectivity index (χ0v) is 26.3. The summed E-state index contributed by atoms with van der Waals surface area (Å²) < 4.78 is 82.1. The van der Waals surface area contributed by atoms with Crippen LogP contribution in [-0.4, -0.2) is 76.3 Å². The van der Waals surface area contributed by atoms with Crippen molar-refractivity contribution < 1.29 is 35.5 Å². The lowest BCUT2D eigenvalue weighted by molar-refractivity contribution is -0.131. The highest BCUT2D eigenvalue weighted by atomic mass is 32.2. The average molecular weight is 653 g/mol. The SMILES string of the molecule is CCS(=O)(=O)c1ccc([C@H](CC#N)NC(=O)c2ccc(N3C[C@@H](N(C)CC4CCC(F)(F)CC4)C[C@H]3COC(F)F)cc2)cc1. The fourth-order valence-electron chi connectivity index (χ4n) is 6.17.